The number of hydrogen-bond acceptors (Lipinski definition) is 9. The zero-order valence-corrected chi connectivity index (χ0v) is 25.7. The van der Waals surface area contributed by atoms with Crippen molar-refractivity contribution in [2.24, 2.45) is 0 Å². The molecule has 45 heavy (non-hydrogen) atoms. The van der Waals surface area contributed by atoms with Gasteiger partial charge in [0.15, 0.2) is 0 Å². The van der Waals surface area contributed by atoms with Crippen LogP contribution in [-0.4, -0.2) is 13.7 Å². The highest BCUT2D eigenvalue weighted by atomic mass is 16.5. The lowest BCUT2D eigenvalue weighted by Crippen LogP contribution is -2.54. The monoisotopic (exact) mass is 606 g/mol. The van der Waals surface area contributed by atoms with Gasteiger partial charge < -0.3 is 14.2 Å². The predicted molar refractivity (Wildman–Crippen MR) is 163 cm³/mol. The number of aromatic nitrogens is 3. The third-order valence-electron chi connectivity index (χ3n) is 7.41. The molecule has 1 heterocycles. The first-order chi connectivity index (χ1) is 21.4. The van der Waals surface area contributed by atoms with Crippen LogP contribution in [0.3, 0.4) is 0 Å². The van der Waals surface area contributed by atoms with E-state index in [1.165, 1.54) is 0 Å². The molecule has 0 atom stereocenters. The molecular formula is C33H30N6O6. The van der Waals surface area contributed by atoms with Gasteiger partial charge in [0.05, 0.1) is 19.6 Å². The summed E-state index contributed by atoms with van der Waals surface area (Å²) in [6.45, 7) is 10.1. The molecular weight excluding hydrogens is 576 g/mol. The molecule has 0 fully saturated rings. The highest BCUT2D eigenvalue weighted by Crippen LogP contribution is 2.27. The second-order valence-electron chi connectivity index (χ2n) is 10.9. The molecule has 0 radical (unpaired) electrons. The zero-order valence-electron chi connectivity index (χ0n) is 25.7. The quantitative estimate of drug-likeness (QED) is 0.258. The fraction of sp³-hybridized carbons (Fsp3) is 0.273. The summed E-state index contributed by atoms with van der Waals surface area (Å²) < 4.78 is 18.2. The van der Waals surface area contributed by atoms with E-state index >= 15 is 0 Å². The van der Waals surface area contributed by atoms with Crippen LogP contribution in [0.1, 0.15) is 50.1 Å². The molecule has 0 aliphatic heterocycles. The Morgan fingerprint density at radius 2 is 0.667 bits per heavy atom. The topological polar surface area (TPSA) is 165 Å². The highest BCUT2D eigenvalue weighted by Gasteiger charge is 2.19. The first-order valence-corrected chi connectivity index (χ1v) is 13.8. The molecule has 0 amide bonds. The molecule has 0 saturated heterocycles. The molecule has 4 rings (SSSR count). The summed E-state index contributed by atoms with van der Waals surface area (Å²) in [4.78, 5) is 41.6. The van der Waals surface area contributed by atoms with Crippen molar-refractivity contribution in [3.8, 4) is 36.0 Å². The van der Waals surface area contributed by atoms with Gasteiger partial charge in [0.25, 0.3) is 18.8 Å². The Labute approximate surface area is 258 Å². The van der Waals surface area contributed by atoms with Gasteiger partial charge in [-0.2, -0.15) is 0 Å². The summed E-state index contributed by atoms with van der Waals surface area (Å²) in [5.41, 5.74) is 3.25. The minimum Gasteiger partial charge on any atom is -0.387 e. The first kappa shape index (κ1) is 31.9. The van der Waals surface area contributed by atoms with E-state index in [1.807, 2.05) is 0 Å². The second kappa shape index (κ2) is 13.1. The van der Waals surface area contributed by atoms with E-state index < -0.39 is 17.1 Å². The van der Waals surface area contributed by atoms with Gasteiger partial charge in [0.1, 0.15) is 17.2 Å². The van der Waals surface area contributed by atoms with E-state index in [0.29, 0.717) is 67.3 Å². The van der Waals surface area contributed by atoms with Crippen LogP contribution >= 0.6 is 0 Å². The number of nitrogens with zero attached hydrogens (tertiary/aromatic N) is 6. The number of aryl methyl sites for hydroxylation is 6. The van der Waals surface area contributed by atoms with Crippen LogP contribution in [0.4, 0.5) is 0 Å². The molecule has 0 unspecified atom stereocenters. The summed E-state index contributed by atoms with van der Waals surface area (Å²) in [5.74, 6) is 1.17. The molecule has 3 aromatic carbocycles. The zero-order chi connectivity index (χ0) is 33.0. The van der Waals surface area contributed by atoms with Crippen molar-refractivity contribution < 1.29 is 14.2 Å². The lowest BCUT2D eigenvalue weighted by atomic mass is 10.1. The van der Waals surface area contributed by atoms with Gasteiger partial charge in [0, 0.05) is 0 Å². The van der Waals surface area contributed by atoms with Gasteiger partial charge in [-0.05, 0) is 91.6 Å². The van der Waals surface area contributed by atoms with Gasteiger partial charge in [-0.15, -0.1) is 15.8 Å². The maximum absolute atomic E-state index is 13.9. The van der Waals surface area contributed by atoms with Crippen LogP contribution in [0.5, 0.6) is 17.2 Å². The summed E-state index contributed by atoms with van der Waals surface area (Å²) >= 11 is 0. The number of nitriles is 3. The van der Waals surface area contributed by atoms with Crippen molar-refractivity contribution in [3.63, 3.8) is 0 Å². The number of ether oxygens (including phenoxy) is 3. The maximum atomic E-state index is 13.9. The van der Waals surface area contributed by atoms with E-state index in [2.05, 4.69) is 0 Å². The highest BCUT2D eigenvalue weighted by molar-refractivity contribution is 5.46. The SMILES string of the molecule is Cc1cc(Cn2c(=O)n(Cc3cc(C)c(OC#N)c(C)c3)c(=O)n(Cc3cc(C)c(OC#N)c(C)c3)c2=O)cc(C)c1OC#N. The Morgan fingerprint density at radius 3 is 0.844 bits per heavy atom. The number of benzene rings is 3. The molecule has 1 aromatic heterocycles. The summed E-state index contributed by atoms with van der Waals surface area (Å²) in [7, 11) is 0. The molecule has 0 N–H and O–H groups in total. The van der Waals surface area contributed by atoms with Crippen molar-refractivity contribution in [2.45, 2.75) is 61.2 Å². The van der Waals surface area contributed by atoms with Gasteiger partial charge >= 0.3 is 17.1 Å². The number of rotatable bonds is 9. The minimum absolute atomic E-state index is 0.146. The van der Waals surface area contributed by atoms with Crippen LogP contribution in [-0.2, 0) is 19.6 Å². The standard InChI is InChI=1S/C33H30N6O6/c1-19-7-25(8-20(2)28(19)43-16-34)13-37-31(40)38(14-26-9-21(3)29(44-17-35)22(4)10-26)33(42)39(32(37)41)15-27-11-23(5)30(45-18-36)24(6)12-27/h7-12H,13-15H2,1-6H3. The van der Waals surface area contributed by atoms with E-state index in [1.54, 1.807) is 96.7 Å². The van der Waals surface area contributed by atoms with Gasteiger partial charge in [0.2, 0.25) is 0 Å². The van der Waals surface area contributed by atoms with Crippen molar-refractivity contribution in [1.82, 2.24) is 13.7 Å². The van der Waals surface area contributed by atoms with Crippen LogP contribution in [0.2, 0.25) is 0 Å². The van der Waals surface area contributed by atoms with Crippen molar-refractivity contribution >= 4 is 0 Å². The Kier molecular flexibility index (Phi) is 9.25. The molecule has 0 bridgehead atoms. The Balaban J connectivity index is 1.91. The molecule has 0 aliphatic carbocycles. The van der Waals surface area contributed by atoms with Crippen molar-refractivity contribution in [3.05, 3.63) is 118 Å². The summed E-state index contributed by atoms with van der Waals surface area (Å²) in [6, 6.07) is 10.3. The van der Waals surface area contributed by atoms with E-state index in [-0.39, 0.29) is 19.6 Å². The van der Waals surface area contributed by atoms with Crippen molar-refractivity contribution in [1.29, 1.82) is 15.8 Å². The smallest absolute Gasteiger partial charge is 0.336 e. The van der Waals surface area contributed by atoms with Crippen LogP contribution < -0.4 is 31.3 Å². The molecule has 0 aliphatic rings. The van der Waals surface area contributed by atoms with E-state index in [0.717, 1.165) is 13.7 Å². The van der Waals surface area contributed by atoms with Crippen LogP contribution in [0.15, 0.2) is 50.8 Å². The van der Waals surface area contributed by atoms with Crippen LogP contribution in [0, 0.1) is 76.1 Å². The fourth-order valence-electron chi connectivity index (χ4n) is 5.65. The molecule has 12 heteroatoms. The predicted octanol–water partition coefficient (Wildman–Crippen LogP) is 3.75. The third-order valence-corrected chi connectivity index (χ3v) is 7.41. The maximum Gasteiger partial charge on any atom is 0.336 e. The van der Waals surface area contributed by atoms with Gasteiger partial charge in [-0.1, -0.05) is 36.4 Å². The van der Waals surface area contributed by atoms with Crippen LogP contribution in [0.25, 0.3) is 0 Å². The largest absolute Gasteiger partial charge is 0.387 e. The first-order valence-electron chi connectivity index (χ1n) is 13.8. The molecule has 0 spiro atoms. The Morgan fingerprint density at radius 1 is 0.467 bits per heavy atom. The van der Waals surface area contributed by atoms with E-state index in [4.69, 9.17) is 30.0 Å². The van der Waals surface area contributed by atoms with Gasteiger partial charge in [-0.25, -0.2) is 28.1 Å². The average molecular weight is 607 g/mol. The Hall–Kier alpha value is -6.06. The molecule has 228 valence electrons. The second-order valence-corrected chi connectivity index (χ2v) is 10.9. The summed E-state index contributed by atoms with van der Waals surface area (Å²) in [5, 5.41) is 27.0. The minimum atomic E-state index is -0.799. The normalized spacial score (nSPS) is 10.5. The van der Waals surface area contributed by atoms with Crippen molar-refractivity contribution in [2.75, 3.05) is 0 Å². The van der Waals surface area contributed by atoms with E-state index in [9.17, 15) is 14.4 Å². The molecule has 12 nitrogen and oxygen atoms in total. The summed E-state index contributed by atoms with van der Waals surface area (Å²) in [6.07, 6.45) is 4.99. The Bertz CT molecular complexity index is 1800. The lowest BCUT2D eigenvalue weighted by molar-refractivity contribution is 0.485. The lowest BCUT2D eigenvalue weighted by Gasteiger charge is -2.17. The molecule has 0 saturated carbocycles. The fourth-order valence-corrected chi connectivity index (χ4v) is 5.65. The number of hydrogen-bond donors (Lipinski definition) is 0. The third kappa shape index (κ3) is 6.48. The molecule has 4 aromatic rings. The van der Waals surface area contributed by atoms with Gasteiger partial charge in [-0.3, -0.25) is 0 Å². The average Bonchev–Trinajstić information content (AvgIpc) is 2.97.